The lowest BCUT2D eigenvalue weighted by atomic mass is 9.97. The van der Waals surface area contributed by atoms with Gasteiger partial charge in [-0.1, -0.05) is 30.3 Å². The highest BCUT2D eigenvalue weighted by atomic mass is 16.5. The first-order valence-corrected chi connectivity index (χ1v) is 8.68. The highest BCUT2D eigenvalue weighted by Crippen LogP contribution is 2.39. The second-order valence-corrected chi connectivity index (χ2v) is 6.24. The number of hydrogen-bond donors (Lipinski definition) is 1. The van der Waals surface area contributed by atoms with Gasteiger partial charge in [0, 0.05) is 22.9 Å². The molecule has 4 rings (SSSR count). The van der Waals surface area contributed by atoms with Gasteiger partial charge in [0.1, 0.15) is 6.17 Å². The zero-order valence-electron chi connectivity index (χ0n) is 15.2. The molecule has 136 valence electrons. The molecule has 0 radical (unpaired) electrons. The molecule has 2 aromatic carbocycles. The van der Waals surface area contributed by atoms with Crippen LogP contribution in [0.2, 0.25) is 0 Å². The number of amides is 1. The van der Waals surface area contributed by atoms with E-state index < -0.39 is 0 Å². The molecule has 1 atom stereocenters. The Kier molecular flexibility index (Phi) is 4.42. The van der Waals surface area contributed by atoms with Crippen LogP contribution in [0.25, 0.3) is 5.57 Å². The Morgan fingerprint density at radius 3 is 2.56 bits per heavy atom. The summed E-state index contributed by atoms with van der Waals surface area (Å²) >= 11 is 0. The van der Waals surface area contributed by atoms with Crippen LogP contribution in [-0.4, -0.2) is 31.2 Å². The van der Waals surface area contributed by atoms with Gasteiger partial charge in [0.05, 0.1) is 14.2 Å². The van der Waals surface area contributed by atoms with Crippen LogP contribution in [0.5, 0.6) is 11.5 Å². The van der Waals surface area contributed by atoms with E-state index in [9.17, 15) is 4.79 Å². The third-order valence-corrected chi connectivity index (χ3v) is 4.73. The maximum absolute atomic E-state index is 13.0. The lowest BCUT2D eigenvalue weighted by Crippen LogP contribution is -2.42. The summed E-state index contributed by atoms with van der Waals surface area (Å²) in [5.41, 5.74) is 3.62. The predicted molar refractivity (Wildman–Crippen MR) is 104 cm³/mol. The largest absolute Gasteiger partial charge is 0.493 e. The van der Waals surface area contributed by atoms with E-state index >= 15 is 0 Å². The van der Waals surface area contributed by atoms with Crippen molar-refractivity contribution in [3.63, 3.8) is 0 Å². The van der Waals surface area contributed by atoms with E-state index in [1.807, 2.05) is 73.1 Å². The normalized spacial score (nSPS) is 17.6. The van der Waals surface area contributed by atoms with Crippen LogP contribution in [0.1, 0.15) is 15.9 Å². The molecule has 0 fully saturated rings. The fourth-order valence-corrected chi connectivity index (χ4v) is 3.39. The molecule has 0 spiro atoms. The molecular formula is C22H20N2O3. The van der Waals surface area contributed by atoms with Crippen molar-refractivity contribution in [3.8, 4) is 11.5 Å². The summed E-state index contributed by atoms with van der Waals surface area (Å²) in [5.74, 6) is 1.27. The average molecular weight is 360 g/mol. The molecular weight excluding hydrogens is 340 g/mol. The first-order chi connectivity index (χ1) is 13.2. The number of nitrogens with one attached hydrogen (secondary N) is 1. The van der Waals surface area contributed by atoms with Crippen LogP contribution in [0, 0.1) is 0 Å². The van der Waals surface area contributed by atoms with Crippen molar-refractivity contribution in [1.29, 1.82) is 0 Å². The highest BCUT2D eigenvalue weighted by molar-refractivity contribution is 5.99. The topological polar surface area (TPSA) is 50.8 Å². The summed E-state index contributed by atoms with van der Waals surface area (Å²) in [6.07, 6.45) is 7.49. The summed E-state index contributed by atoms with van der Waals surface area (Å²) in [6.45, 7) is 0. The van der Waals surface area contributed by atoms with Gasteiger partial charge in [-0.25, -0.2) is 0 Å². The summed E-state index contributed by atoms with van der Waals surface area (Å²) in [4.78, 5) is 14.8. The van der Waals surface area contributed by atoms with Gasteiger partial charge in [0.2, 0.25) is 0 Å². The quantitative estimate of drug-likeness (QED) is 0.906. The number of dihydropyridines is 1. The van der Waals surface area contributed by atoms with Gasteiger partial charge in [-0.15, -0.1) is 0 Å². The molecule has 0 bridgehead atoms. The van der Waals surface area contributed by atoms with Crippen molar-refractivity contribution in [2.24, 2.45) is 0 Å². The number of carbonyl (C=O) groups is 1. The van der Waals surface area contributed by atoms with E-state index in [2.05, 4.69) is 5.32 Å². The smallest absolute Gasteiger partial charge is 0.259 e. The molecule has 2 aromatic rings. The van der Waals surface area contributed by atoms with Crippen LogP contribution in [0.4, 0.5) is 0 Å². The number of fused-ring (bicyclic) bond motifs is 1. The average Bonchev–Trinajstić information content (AvgIpc) is 3.13. The fourth-order valence-electron chi connectivity index (χ4n) is 3.39. The van der Waals surface area contributed by atoms with Crippen molar-refractivity contribution in [2.75, 3.05) is 14.2 Å². The first kappa shape index (κ1) is 17.0. The minimum absolute atomic E-state index is 0.0511. The number of nitrogens with zero attached hydrogens (tertiary/aromatic N) is 1. The lowest BCUT2D eigenvalue weighted by Gasteiger charge is -2.27. The Morgan fingerprint density at radius 2 is 1.81 bits per heavy atom. The van der Waals surface area contributed by atoms with Crippen LogP contribution in [0.3, 0.4) is 0 Å². The van der Waals surface area contributed by atoms with E-state index in [1.165, 1.54) is 0 Å². The summed E-state index contributed by atoms with van der Waals surface area (Å²) in [5, 5.41) is 3.28. The Labute approximate surface area is 158 Å². The number of ether oxygens (including phenoxy) is 2. The van der Waals surface area contributed by atoms with Crippen LogP contribution >= 0.6 is 0 Å². The summed E-state index contributed by atoms with van der Waals surface area (Å²) < 4.78 is 10.8. The second-order valence-electron chi connectivity index (χ2n) is 6.24. The molecule has 5 nitrogen and oxygen atoms in total. The van der Waals surface area contributed by atoms with Gasteiger partial charge >= 0.3 is 0 Å². The highest BCUT2D eigenvalue weighted by Gasteiger charge is 2.35. The van der Waals surface area contributed by atoms with E-state index in [0.29, 0.717) is 17.1 Å². The van der Waals surface area contributed by atoms with Crippen molar-refractivity contribution < 1.29 is 14.3 Å². The van der Waals surface area contributed by atoms with Gasteiger partial charge < -0.3 is 14.8 Å². The molecule has 27 heavy (non-hydrogen) atoms. The number of methoxy groups -OCH3 is 2. The minimum Gasteiger partial charge on any atom is -0.493 e. The molecule has 2 heterocycles. The van der Waals surface area contributed by atoms with E-state index in [4.69, 9.17) is 9.47 Å². The van der Waals surface area contributed by atoms with Crippen molar-refractivity contribution in [2.45, 2.75) is 6.17 Å². The molecule has 1 unspecified atom stereocenters. The second kappa shape index (κ2) is 7.03. The standard InChI is InChI=1S/C22H20N2O3/c1-26-19-11-10-16(13-20(19)27-2)18-14-24(21-17(18)9-6-12-23-21)22(25)15-7-4-3-5-8-15/h3-14,21,23H,1-2H3. The Hall–Kier alpha value is -3.47. The number of rotatable bonds is 4. The molecule has 0 saturated heterocycles. The third kappa shape index (κ3) is 2.97. The van der Waals surface area contributed by atoms with Gasteiger partial charge in [0.25, 0.3) is 5.91 Å². The Bertz CT molecular complexity index is 961. The molecule has 0 aliphatic carbocycles. The zero-order valence-corrected chi connectivity index (χ0v) is 15.2. The lowest BCUT2D eigenvalue weighted by molar-refractivity contribution is 0.0788. The molecule has 0 aromatic heterocycles. The van der Waals surface area contributed by atoms with E-state index in [1.54, 1.807) is 19.1 Å². The van der Waals surface area contributed by atoms with Crippen LogP contribution in [0.15, 0.2) is 78.7 Å². The molecule has 1 amide bonds. The fraction of sp³-hybridized carbons (Fsp3) is 0.136. The molecule has 5 heteroatoms. The maximum atomic E-state index is 13.0. The van der Waals surface area contributed by atoms with Gasteiger partial charge in [0.15, 0.2) is 11.5 Å². The third-order valence-electron chi connectivity index (χ3n) is 4.73. The predicted octanol–water partition coefficient (Wildman–Crippen LogP) is 3.57. The molecule has 2 aliphatic heterocycles. The summed E-state index contributed by atoms with van der Waals surface area (Å²) in [7, 11) is 3.23. The van der Waals surface area contributed by atoms with E-state index in [-0.39, 0.29) is 12.1 Å². The molecule has 1 N–H and O–H groups in total. The Morgan fingerprint density at radius 1 is 1.04 bits per heavy atom. The van der Waals surface area contributed by atoms with Gasteiger partial charge in [-0.05, 0) is 42.1 Å². The van der Waals surface area contributed by atoms with Crippen LogP contribution < -0.4 is 14.8 Å². The van der Waals surface area contributed by atoms with Gasteiger partial charge in [-0.3, -0.25) is 9.69 Å². The summed E-state index contributed by atoms with van der Waals surface area (Å²) in [6, 6.07) is 15.1. The van der Waals surface area contributed by atoms with Crippen molar-refractivity contribution in [3.05, 3.63) is 89.8 Å². The van der Waals surface area contributed by atoms with Crippen molar-refractivity contribution >= 4 is 11.5 Å². The number of allylic oxidation sites excluding steroid dienone is 2. The van der Waals surface area contributed by atoms with Crippen molar-refractivity contribution in [1.82, 2.24) is 10.2 Å². The molecule has 2 aliphatic rings. The zero-order chi connectivity index (χ0) is 18.8. The maximum Gasteiger partial charge on any atom is 0.259 e. The monoisotopic (exact) mass is 360 g/mol. The van der Waals surface area contributed by atoms with Gasteiger partial charge in [-0.2, -0.15) is 0 Å². The van der Waals surface area contributed by atoms with E-state index in [0.717, 1.165) is 16.7 Å². The number of carbonyl (C=O) groups excluding carboxylic acids is 1. The minimum atomic E-state index is -0.231. The number of benzene rings is 2. The van der Waals surface area contributed by atoms with Crippen LogP contribution in [-0.2, 0) is 0 Å². The molecule has 0 saturated carbocycles. The first-order valence-electron chi connectivity index (χ1n) is 8.68. The Balaban J connectivity index is 1.76. The SMILES string of the molecule is COc1ccc(C2=CN(C(=O)c3ccccc3)C3NC=CC=C23)cc1OC. The number of hydrogen-bond acceptors (Lipinski definition) is 4.